The Hall–Kier alpha value is -1.04. The third kappa shape index (κ3) is 2.79. The molecule has 0 N–H and O–H groups in total. The Labute approximate surface area is 142 Å². The largest absolute Gasteiger partial charge is 0.0805 e. The Morgan fingerprint density at radius 3 is 1.74 bits per heavy atom. The monoisotopic (exact) mass is 308 g/mol. The Balaban J connectivity index is 1.50. The molecule has 2 fully saturated rings. The molecule has 0 aromatic rings. The highest BCUT2D eigenvalue weighted by Gasteiger charge is 2.48. The SMILES string of the molecule is CC(C)(C)[C@H]1CCC(CC2C3C=CC=CC3[C@H]3C=CC=C[C@@H]23)C1. The maximum atomic E-state index is 2.52. The molecule has 0 aliphatic heterocycles. The van der Waals surface area contributed by atoms with Crippen LogP contribution in [0.5, 0.6) is 0 Å². The van der Waals surface area contributed by atoms with E-state index in [1.165, 1.54) is 25.7 Å². The third-order valence-corrected chi connectivity index (χ3v) is 7.25. The Morgan fingerprint density at radius 1 is 0.739 bits per heavy atom. The van der Waals surface area contributed by atoms with Crippen LogP contribution in [0.1, 0.15) is 46.5 Å². The first-order valence-corrected chi connectivity index (χ1v) is 9.74. The second-order valence-corrected chi connectivity index (χ2v) is 9.49. The number of fused-ring (bicyclic) bond motifs is 3. The highest BCUT2D eigenvalue weighted by molar-refractivity contribution is 5.28. The molecule has 23 heavy (non-hydrogen) atoms. The van der Waals surface area contributed by atoms with E-state index >= 15 is 0 Å². The van der Waals surface area contributed by atoms with Gasteiger partial charge in [-0.05, 0) is 66.1 Å². The van der Waals surface area contributed by atoms with E-state index in [1.54, 1.807) is 0 Å². The minimum atomic E-state index is 0.496. The summed E-state index contributed by atoms with van der Waals surface area (Å²) in [5.74, 6) is 5.79. The molecule has 0 amide bonds. The molecule has 0 radical (unpaired) electrons. The molecule has 0 nitrogen and oxygen atoms in total. The van der Waals surface area contributed by atoms with Crippen LogP contribution in [0.25, 0.3) is 0 Å². The Bertz CT molecular complexity index is 519. The highest BCUT2D eigenvalue weighted by Crippen LogP contribution is 2.55. The van der Waals surface area contributed by atoms with Crippen molar-refractivity contribution >= 4 is 0 Å². The van der Waals surface area contributed by atoms with E-state index in [0.29, 0.717) is 5.41 Å². The first kappa shape index (κ1) is 15.5. The quantitative estimate of drug-likeness (QED) is 0.571. The van der Waals surface area contributed by atoms with Gasteiger partial charge in [0.05, 0.1) is 0 Å². The lowest BCUT2D eigenvalue weighted by Gasteiger charge is -2.29. The smallest absolute Gasteiger partial charge is 0.00956 e. The first-order valence-electron chi connectivity index (χ1n) is 9.74. The highest BCUT2D eigenvalue weighted by atomic mass is 14.5. The van der Waals surface area contributed by atoms with Crippen LogP contribution >= 0.6 is 0 Å². The van der Waals surface area contributed by atoms with E-state index in [-0.39, 0.29) is 0 Å². The van der Waals surface area contributed by atoms with Gasteiger partial charge in [0.15, 0.2) is 0 Å². The maximum absolute atomic E-state index is 2.52. The second-order valence-electron chi connectivity index (χ2n) is 9.49. The van der Waals surface area contributed by atoms with Gasteiger partial charge in [-0.3, -0.25) is 0 Å². The van der Waals surface area contributed by atoms with Crippen molar-refractivity contribution in [1.82, 2.24) is 0 Å². The van der Waals surface area contributed by atoms with Gasteiger partial charge in [0.2, 0.25) is 0 Å². The number of rotatable bonds is 2. The Morgan fingerprint density at radius 2 is 1.26 bits per heavy atom. The summed E-state index contributed by atoms with van der Waals surface area (Å²) in [4.78, 5) is 0. The summed E-state index contributed by atoms with van der Waals surface area (Å²) in [5.41, 5.74) is 0.496. The molecule has 0 aromatic carbocycles. The molecule has 4 unspecified atom stereocenters. The van der Waals surface area contributed by atoms with Gasteiger partial charge >= 0.3 is 0 Å². The summed E-state index contributed by atoms with van der Waals surface area (Å²) in [6, 6.07) is 0. The Kier molecular flexibility index (Phi) is 3.90. The fourth-order valence-electron chi connectivity index (χ4n) is 5.94. The molecule has 0 spiro atoms. The van der Waals surface area contributed by atoms with E-state index < -0.39 is 0 Å². The molecule has 0 bridgehead atoms. The summed E-state index contributed by atoms with van der Waals surface area (Å²) in [7, 11) is 0. The molecule has 0 heterocycles. The van der Waals surface area contributed by atoms with Crippen molar-refractivity contribution in [3.8, 4) is 0 Å². The molecule has 4 aliphatic rings. The zero-order valence-corrected chi connectivity index (χ0v) is 15.0. The van der Waals surface area contributed by atoms with E-state index in [0.717, 1.165) is 41.4 Å². The fraction of sp³-hybridized carbons (Fsp3) is 0.652. The van der Waals surface area contributed by atoms with Gasteiger partial charge in [0.1, 0.15) is 0 Å². The molecule has 4 rings (SSSR count). The lowest BCUT2D eigenvalue weighted by Crippen LogP contribution is -2.21. The molecule has 4 aliphatic carbocycles. The van der Waals surface area contributed by atoms with Gasteiger partial charge < -0.3 is 0 Å². The van der Waals surface area contributed by atoms with Crippen LogP contribution in [0.4, 0.5) is 0 Å². The molecular formula is C23H32. The predicted octanol–water partition coefficient (Wildman–Crippen LogP) is 6.19. The van der Waals surface area contributed by atoms with Crippen LogP contribution in [-0.4, -0.2) is 0 Å². The lowest BCUT2D eigenvalue weighted by atomic mass is 9.76. The van der Waals surface area contributed by atoms with Gasteiger partial charge in [-0.15, -0.1) is 0 Å². The van der Waals surface area contributed by atoms with Crippen LogP contribution in [0.2, 0.25) is 0 Å². The first-order chi connectivity index (χ1) is 11.0. The molecule has 0 heteroatoms. The second kappa shape index (κ2) is 5.80. The predicted molar refractivity (Wildman–Crippen MR) is 98.9 cm³/mol. The summed E-state index contributed by atoms with van der Waals surface area (Å²) in [6.45, 7) is 7.31. The van der Waals surface area contributed by atoms with Crippen molar-refractivity contribution in [3.63, 3.8) is 0 Å². The van der Waals surface area contributed by atoms with Gasteiger partial charge in [0.25, 0.3) is 0 Å². The zero-order chi connectivity index (χ0) is 16.0. The topological polar surface area (TPSA) is 0 Å². The normalized spacial score (nSPS) is 44.6. The van der Waals surface area contributed by atoms with Gasteiger partial charge in [-0.1, -0.05) is 75.8 Å². The average Bonchev–Trinajstić information content (AvgIpc) is 3.12. The summed E-state index contributed by atoms with van der Waals surface area (Å²) in [5, 5.41) is 0. The van der Waals surface area contributed by atoms with Crippen LogP contribution in [-0.2, 0) is 0 Å². The minimum Gasteiger partial charge on any atom is -0.0805 e. The standard InChI is InChI=1S/C23H32/c1-23(2,3)17-13-12-16(14-17)15-22-20-10-6-4-8-18(20)19-9-5-7-11-21(19)22/h4-11,16-22H,12-15H2,1-3H3/t16?,17-,18+,19?,20+,21?,22?/m0/s1. The van der Waals surface area contributed by atoms with Crippen molar-refractivity contribution in [2.24, 2.45) is 46.8 Å². The van der Waals surface area contributed by atoms with Crippen LogP contribution < -0.4 is 0 Å². The zero-order valence-electron chi connectivity index (χ0n) is 15.0. The van der Waals surface area contributed by atoms with Crippen molar-refractivity contribution in [3.05, 3.63) is 48.6 Å². The molecule has 7 atom stereocenters. The number of hydrogen-bond donors (Lipinski definition) is 0. The van der Waals surface area contributed by atoms with Crippen LogP contribution in [0.15, 0.2) is 48.6 Å². The van der Waals surface area contributed by atoms with Crippen LogP contribution in [0.3, 0.4) is 0 Å². The van der Waals surface area contributed by atoms with E-state index in [4.69, 9.17) is 0 Å². The van der Waals surface area contributed by atoms with Crippen molar-refractivity contribution in [2.75, 3.05) is 0 Å². The number of hydrogen-bond acceptors (Lipinski definition) is 0. The third-order valence-electron chi connectivity index (χ3n) is 7.25. The maximum Gasteiger partial charge on any atom is -0.00956 e. The number of allylic oxidation sites excluding steroid dienone is 8. The summed E-state index contributed by atoms with van der Waals surface area (Å²) < 4.78 is 0. The lowest BCUT2D eigenvalue weighted by molar-refractivity contribution is 0.225. The molecule has 0 aromatic heterocycles. The molecule has 0 saturated heterocycles. The summed E-state index contributed by atoms with van der Waals surface area (Å²) in [6.07, 6.45) is 25.0. The van der Waals surface area contributed by atoms with Gasteiger partial charge in [-0.25, -0.2) is 0 Å². The van der Waals surface area contributed by atoms with Gasteiger partial charge in [-0.2, -0.15) is 0 Å². The van der Waals surface area contributed by atoms with Crippen molar-refractivity contribution in [1.29, 1.82) is 0 Å². The summed E-state index contributed by atoms with van der Waals surface area (Å²) >= 11 is 0. The molecule has 124 valence electrons. The van der Waals surface area contributed by atoms with E-state index in [1.807, 2.05) is 0 Å². The van der Waals surface area contributed by atoms with Gasteiger partial charge in [0, 0.05) is 0 Å². The average molecular weight is 309 g/mol. The van der Waals surface area contributed by atoms with E-state index in [9.17, 15) is 0 Å². The fourth-order valence-corrected chi connectivity index (χ4v) is 5.94. The minimum absolute atomic E-state index is 0.496. The van der Waals surface area contributed by atoms with Crippen molar-refractivity contribution in [2.45, 2.75) is 46.5 Å². The van der Waals surface area contributed by atoms with Crippen molar-refractivity contribution < 1.29 is 0 Å². The molecule has 2 saturated carbocycles. The van der Waals surface area contributed by atoms with Crippen LogP contribution in [0, 0.1) is 46.8 Å². The van der Waals surface area contributed by atoms with E-state index in [2.05, 4.69) is 69.4 Å². The molecular weight excluding hydrogens is 276 g/mol.